The summed E-state index contributed by atoms with van der Waals surface area (Å²) in [6.07, 6.45) is 1.16. The lowest BCUT2D eigenvalue weighted by Crippen LogP contribution is -2.34. The van der Waals surface area contributed by atoms with Crippen molar-refractivity contribution in [1.82, 2.24) is 20.1 Å². The number of nitrogens with zero attached hydrogens (tertiary/aromatic N) is 2. The minimum atomic E-state index is -1.14. The first-order valence-corrected chi connectivity index (χ1v) is 3.68. The lowest BCUT2D eigenvalue weighted by Gasteiger charge is -2.00. The Morgan fingerprint density at radius 3 is 2.86 bits per heavy atom. The summed E-state index contributed by atoms with van der Waals surface area (Å²) in [6.45, 7) is -0.714. The zero-order chi connectivity index (χ0) is 10.6. The Hall–Kier alpha value is -2.12. The van der Waals surface area contributed by atoms with Gasteiger partial charge in [-0.1, -0.05) is 0 Å². The van der Waals surface area contributed by atoms with E-state index in [2.05, 4.69) is 15.5 Å². The van der Waals surface area contributed by atoms with Crippen molar-refractivity contribution < 1.29 is 14.7 Å². The van der Waals surface area contributed by atoms with E-state index in [0.29, 0.717) is 0 Å². The maximum atomic E-state index is 11.0. The van der Waals surface area contributed by atoms with Gasteiger partial charge in [-0.25, -0.2) is 9.89 Å². The first-order chi connectivity index (χ1) is 6.59. The molecule has 1 amide bonds. The second-order valence-corrected chi connectivity index (χ2v) is 2.46. The molecule has 0 radical (unpaired) electrons. The van der Waals surface area contributed by atoms with E-state index < -0.39 is 24.1 Å². The zero-order valence-corrected chi connectivity index (χ0v) is 7.06. The average Bonchev–Trinajstić information content (AvgIpc) is 2.49. The average molecular weight is 200 g/mol. The van der Waals surface area contributed by atoms with Crippen LogP contribution in [-0.2, 0) is 16.1 Å². The first-order valence-electron chi connectivity index (χ1n) is 3.68. The molecule has 0 aliphatic rings. The van der Waals surface area contributed by atoms with Gasteiger partial charge in [0.2, 0.25) is 5.91 Å². The third-order valence-electron chi connectivity index (χ3n) is 1.37. The number of aliphatic carboxylic acids is 1. The fourth-order valence-electron chi connectivity index (χ4n) is 0.768. The maximum Gasteiger partial charge on any atom is 0.343 e. The van der Waals surface area contributed by atoms with Crippen molar-refractivity contribution in [2.75, 3.05) is 6.54 Å². The number of rotatable bonds is 4. The van der Waals surface area contributed by atoms with Gasteiger partial charge in [0, 0.05) is 0 Å². The van der Waals surface area contributed by atoms with Gasteiger partial charge < -0.3 is 10.4 Å². The van der Waals surface area contributed by atoms with Gasteiger partial charge in [-0.2, -0.15) is 5.10 Å². The largest absolute Gasteiger partial charge is 0.480 e. The van der Waals surface area contributed by atoms with E-state index in [1.807, 2.05) is 0 Å². The second-order valence-electron chi connectivity index (χ2n) is 2.46. The molecule has 0 aliphatic carbocycles. The SMILES string of the molecule is O=C(O)CNC(=O)Cn1cn[nH]c1=O. The van der Waals surface area contributed by atoms with Crippen molar-refractivity contribution in [3.05, 3.63) is 16.8 Å². The summed E-state index contributed by atoms with van der Waals surface area (Å²) in [6, 6.07) is 0. The molecule has 1 aromatic rings. The molecular formula is C6H8N4O4. The van der Waals surface area contributed by atoms with Crippen molar-refractivity contribution in [2.24, 2.45) is 0 Å². The Labute approximate surface area is 77.5 Å². The Balaban J connectivity index is 2.46. The van der Waals surface area contributed by atoms with Crippen molar-refractivity contribution in [3.8, 4) is 0 Å². The number of amides is 1. The van der Waals surface area contributed by atoms with Crippen molar-refractivity contribution in [3.63, 3.8) is 0 Å². The lowest BCUT2D eigenvalue weighted by molar-refractivity contribution is -0.138. The quantitative estimate of drug-likeness (QED) is 0.508. The number of aromatic amines is 1. The number of hydrogen-bond donors (Lipinski definition) is 3. The Morgan fingerprint density at radius 2 is 2.36 bits per heavy atom. The molecule has 0 saturated heterocycles. The number of aromatic nitrogens is 3. The molecule has 3 N–H and O–H groups in total. The fraction of sp³-hybridized carbons (Fsp3) is 0.333. The number of carbonyl (C=O) groups is 2. The van der Waals surface area contributed by atoms with E-state index >= 15 is 0 Å². The van der Waals surface area contributed by atoms with E-state index in [4.69, 9.17) is 5.11 Å². The molecule has 0 fully saturated rings. The molecule has 1 heterocycles. The Morgan fingerprint density at radius 1 is 1.64 bits per heavy atom. The minimum Gasteiger partial charge on any atom is -0.480 e. The lowest BCUT2D eigenvalue weighted by atomic mass is 10.5. The molecule has 0 saturated carbocycles. The van der Waals surface area contributed by atoms with E-state index in [0.717, 1.165) is 10.9 Å². The van der Waals surface area contributed by atoms with Gasteiger partial charge >= 0.3 is 11.7 Å². The van der Waals surface area contributed by atoms with Gasteiger partial charge in [0.25, 0.3) is 0 Å². The van der Waals surface area contributed by atoms with Crippen molar-refractivity contribution in [1.29, 1.82) is 0 Å². The monoisotopic (exact) mass is 200 g/mol. The van der Waals surface area contributed by atoms with Crippen LogP contribution in [0.3, 0.4) is 0 Å². The van der Waals surface area contributed by atoms with Crippen LogP contribution in [0.1, 0.15) is 0 Å². The van der Waals surface area contributed by atoms with Crippen molar-refractivity contribution in [2.45, 2.75) is 6.54 Å². The minimum absolute atomic E-state index is 0.247. The second kappa shape index (κ2) is 4.21. The Bertz CT molecular complexity index is 393. The summed E-state index contributed by atoms with van der Waals surface area (Å²) in [7, 11) is 0. The van der Waals surface area contributed by atoms with Crippen LogP contribution >= 0.6 is 0 Å². The summed E-state index contributed by atoms with van der Waals surface area (Å²) in [5, 5.41) is 15.8. The molecule has 1 rings (SSSR count). The van der Waals surface area contributed by atoms with Crippen molar-refractivity contribution >= 4 is 11.9 Å². The van der Waals surface area contributed by atoms with Gasteiger partial charge in [0.15, 0.2) is 0 Å². The smallest absolute Gasteiger partial charge is 0.343 e. The number of nitrogens with one attached hydrogen (secondary N) is 2. The molecule has 0 unspecified atom stereocenters. The highest BCUT2D eigenvalue weighted by atomic mass is 16.4. The molecular weight excluding hydrogens is 192 g/mol. The number of carbonyl (C=O) groups excluding carboxylic acids is 1. The van der Waals surface area contributed by atoms with E-state index in [-0.39, 0.29) is 6.54 Å². The molecule has 8 nitrogen and oxygen atoms in total. The van der Waals surface area contributed by atoms with E-state index in [1.54, 1.807) is 0 Å². The van der Waals surface area contributed by atoms with Crippen LogP contribution < -0.4 is 11.0 Å². The highest BCUT2D eigenvalue weighted by Crippen LogP contribution is 1.76. The molecule has 76 valence electrons. The molecule has 0 aliphatic heterocycles. The summed E-state index contributed by atoms with van der Waals surface area (Å²) in [5.74, 6) is -1.70. The van der Waals surface area contributed by atoms with Gasteiger partial charge in [-0.3, -0.25) is 14.2 Å². The van der Waals surface area contributed by atoms with E-state index in [1.165, 1.54) is 0 Å². The maximum absolute atomic E-state index is 11.0. The molecule has 1 aromatic heterocycles. The van der Waals surface area contributed by atoms with Crippen LogP contribution in [0.25, 0.3) is 0 Å². The molecule has 0 aromatic carbocycles. The summed E-state index contributed by atoms with van der Waals surface area (Å²) in [4.78, 5) is 31.9. The van der Waals surface area contributed by atoms with Crippen LogP contribution in [0.15, 0.2) is 11.1 Å². The Kier molecular flexibility index (Phi) is 3.00. The number of carboxylic acid groups (broad SMARTS) is 1. The summed E-state index contributed by atoms with van der Waals surface area (Å²) in [5.41, 5.74) is -0.518. The summed E-state index contributed by atoms with van der Waals surface area (Å²) < 4.78 is 1.02. The summed E-state index contributed by atoms with van der Waals surface area (Å²) >= 11 is 0. The predicted molar refractivity (Wildman–Crippen MR) is 43.5 cm³/mol. The van der Waals surface area contributed by atoms with Crippen LogP contribution in [0.5, 0.6) is 0 Å². The molecule has 0 spiro atoms. The van der Waals surface area contributed by atoms with Gasteiger partial charge in [-0.05, 0) is 0 Å². The third-order valence-corrected chi connectivity index (χ3v) is 1.37. The normalized spacial score (nSPS) is 9.71. The zero-order valence-electron chi connectivity index (χ0n) is 7.06. The van der Waals surface area contributed by atoms with E-state index in [9.17, 15) is 14.4 Å². The standard InChI is InChI=1S/C6H8N4O4/c11-4(7-1-5(12)13)2-10-3-8-9-6(10)14/h3H,1-2H2,(H,7,11)(H,9,14)(H,12,13). The number of carboxylic acids is 1. The molecule has 0 atom stereocenters. The third kappa shape index (κ3) is 2.73. The van der Waals surface area contributed by atoms with Crippen LogP contribution in [-0.4, -0.2) is 38.3 Å². The number of H-pyrrole nitrogens is 1. The molecule has 0 bridgehead atoms. The van der Waals surface area contributed by atoms with Gasteiger partial charge in [-0.15, -0.1) is 0 Å². The molecule has 14 heavy (non-hydrogen) atoms. The van der Waals surface area contributed by atoms with Crippen LogP contribution in [0, 0.1) is 0 Å². The topological polar surface area (TPSA) is 117 Å². The van der Waals surface area contributed by atoms with Gasteiger partial charge in [0.1, 0.15) is 19.4 Å². The molecule has 8 heteroatoms. The highest BCUT2D eigenvalue weighted by molar-refractivity contribution is 5.80. The van der Waals surface area contributed by atoms with Crippen LogP contribution in [0.4, 0.5) is 0 Å². The number of hydrogen-bond acceptors (Lipinski definition) is 4. The predicted octanol–water partition coefficient (Wildman–Crippen LogP) is -2.23. The van der Waals surface area contributed by atoms with Gasteiger partial charge in [0.05, 0.1) is 0 Å². The first kappa shape index (κ1) is 9.96. The highest BCUT2D eigenvalue weighted by Gasteiger charge is 2.06. The van der Waals surface area contributed by atoms with Crippen LogP contribution in [0.2, 0.25) is 0 Å². The fourth-order valence-corrected chi connectivity index (χ4v) is 0.768.